The van der Waals surface area contributed by atoms with Crippen LogP contribution in [0.15, 0.2) is 42.9 Å². The Balaban J connectivity index is 1.77. The van der Waals surface area contributed by atoms with Crippen LogP contribution in [-0.2, 0) is 0 Å². The van der Waals surface area contributed by atoms with Crippen LogP contribution >= 0.6 is 0 Å². The van der Waals surface area contributed by atoms with Gasteiger partial charge in [0.2, 0.25) is 0 Å². The average molecular weight is 280 g/mol. The van der Waals surface area contributed by atoms with E-state index in [1.165, 1.54) is 0 Å². The molecule has 0 amide bonds. The van der Waals surface area contributed by atoms with Gasteiger partial charge in [0.05, 0.1) is 0 Å². The van der Waals surface area contributed by atoms with Gasteiger partial charge in [0.1, 0.15) is 13.2 Å². The Morgan fingerprint density at radius 3 is 2.90 bits per heavy atom. The van der Waals surface area contributed by atoms with E-state index in [1.807, 2.05) is 6.07 Å². The predicted octanol–water partition coefficient (Wildman–Crippen LogP) is 2.57. The summed E-state index contributed by atoms with van der Waals surface area (Å²) in [5.74, 6) is 1.23. The largest absolute Gasteiger partial charge is 0.486 e. The zero-order valence-electron chi connectivity index (χ0n) is 11.1. The standard InChI is InChI=1S/C16H12N2O3/c19-16(12-9-18-13-3-4-17-8-11(12)13)10-1-2-14-15(7-10)21-6-5-20-14/h1-4,7-9,18H,5-6H2. The Morgan fingerprint density at radius 1 is 1.14 bits per heavy atom. The van der Waals surface area contributed by atoms with Crippen LogP contribution in [0.4, 0.5) is 0 Å². The minimum Gasteiger partial charge on any atom is -0.486 e. The summed E-state index contributed by atoms with van der Waals surface area (Å²) in [4.78, 5) is 19.8. The number of carbonyl (C=O) groups excluding carboxylic acids is 1. The number of fused-ring (bicyclic) bond motifs is 2. The molecule has 0 saturated carbocycles. The number of ether oxygens (including phenoxy) is 2. The van der Waals surface area contributed by atoms with E-state index >= 15 is 0 Å². The first-order valence-electron chi connectivity index (χ1n) is 6.68. The van der Waals surface area contributed by atoms with Gasteiger partial charge in [0.15, 0.2) is 17.3 Å². The van der Waals surface area contributed by atoms with Crippen LogP contribution in [0.25, 0.3) is 10.9 Å². The summed E-state index contributed by atoms with van der Waals surface area (Å²) < 4.78 is 11.0. The minimum absolute atomic E-state index is 0.0637. The second-order valence-electron chi connectivity index (χ2n) is 4.81. The molecule has 0 unspecified atom stereocenters. The van der Waals surface area contributed by atoms with Gasteiger partial charge in [0, 0.05) is 40.6 Å². The first kappa shape index (κ1) is 12.0. The molecular weight excluding hydrogens is 268 g/mol. The Hall–Kier alpha value is -2.82. The van der Waals surface area contributed by atoms with Crippen LogP contribution in [0.5, 0.6) is 11.5 Å². The van der Waals surface area contributed by atoms with Crippen molar-refractivity contribution in [3.8, 4) is 11.5 Å². The van der Waals surface area contributed by atoms with E-state index in [1.54, 1.807) is 36.8 Å². The van der Waals surface area contributed by atoms with E-state index in [4.69, 9.17) is 9.47 Å². The summed E-state index contributed by atoms with van der Waals surface area (Å²) in [5.41, 5.74) is 2.07. The molecule has 5 heteroatoms. The van der Waals surface area contributed by atoms with Gasteiger partial charge in [0.25, 0.3) is 0 Å². The number of hydrogen-bond acceptors (Lipinski definition) is 4. The smallest absolute Gasteiger partial charge is 0.195 e. The highest BCUT2D eigenvalue weighted by Gasteiger charge is 2.18. The number of nitrogens with one attached hydrogen (secondary N) is 1. The van der Waals surface area contributed by atoms with Gasteiger partial charge in [-0.2, -0.15) is 0 Å². The molecule has 0 fully saturated rings. The van der Waals surface area contributed by atoms with Crippen molar-refractivity contribution in [2.75, 3.05) is 13.2 Å². The third-order valence-corrected chi connectivity index (χ3v) is 3.53. The highest BCUT2D eigenvalue weighted by Crippen LogP contribution is 2.32. The van der Waals surface area contributed by atoms with Crippen LogP contribution in [0.1, 0.15) is 15.9 Å². The number of pyridine rings is 1. The molecule has 5 nitrogen and oxygen atoms in total. The number of benzene rings is 1. The third kappa shape index (κ3) is 1.94. The lowest BCUT2D eigenvalue weighted by molar-refractivity contribution is 0.103. The van der Waals surface area contributed by atoms with Crippen molar-refractivity contribution in [3.63, 3.8) is 0 Å². The van der Waals surface area contributed by atoms with Gasteiger partial charge in [-0.1, -0.05) is 0 Å². The van der Waals surface area contributed by atoms with Crippen molar-refractivity contribution in [2.45, 2.75) is 0 Å². The molecule has 0 atom stereocenters. The van der Waals surface area contributed by atoms with Crippen molar-refractivity contribution in [2.24, 2.45) is 0 Å². The summed E-state index contributed by atoms with van der Waals surface area (Å²) >= 11 is 0. The first-order chi connectivity index (χ1) is 10.3. The predicted molar refractivity (Wildman–Crippen MR) is 77.0 cm³/mol. The fraction of sp³-hybridized carbons (Fsp3) is 0.125. The summed E-state index contributed by atoms with van der Waals surface area (Å²) in [6.07, 6.45) is 5.10. The zero-order valence-corrected chi connectivity index (χ0v) is 11.1. The number of ketones is 1. The maximum absolute atomic E-state index is 12.7. The highest BCUT2D eigenvalue weighted by molar-refractivity contribution is 6.16. The van der Waals surface area contributed by atoms with Gasteiger partial charge >= 0.3 is 0 Å². The Labute approximate surface area is 120 Å². The first-order valence-corrected chi connectivity index (χ1v) is 6.68. The van der Waals surface area contributed by atoms with Crippen LogP contribution in [-0.4, -0.2) is 29.0 Å². The van der Waals surface area contributed by atoms with E-state index in [9.17, 15) is 4.79 Å². The molecule has 104 valence electrons. The molecular formula is C16H12N2O3. The van der Waals surface area contributed by atoms with Crippen molar-refractivity contribution < 1.29 is 14.3 Å². The molecule has 1 aliphatic heterocycles. The Morgan fingerprint density at radius 2 is 2.00 bits per heavy atom. The molecule has 0 radical (unpaired) electrons. The van der Waals surface area contributed by atoms with E-state index in [0.29, 0.717) is 35.8 Å². The number of aromatic amines is 1. The van der Waals surface area contributed by atoms with Gasteiger partial charge < -0.3 is 14.5 Å². The number of H-pyrrole nitrogens is 1. The van der Waals surface area contributed by atoms with E-state index in [2.05, 4.69) is 9.97 Å². The molecule has 3 aromatic rings. The van der Waals surface area contributed by atoms with Crippen molar-refractivity contribution in [1.82, 2.24) is 9.97 Å². The lowest BCUT2D eigenvalue weighted by Gasteiger charge is -2.18. The summed E-state index contributed by atoms with van der Waals surface area (Å²) in [5, 5.41) is 0.817. The van der Waals surface area contributed by atoms with Crippen LogP contribution in [0.2, 0.25) is 0 Å². The molecule has 1 aliphatic rings. The topological polar surface area (TPSA) is 64.2 Å². The lowest BCUT2D eigenvalue weighted by Crippen LogP contribution is -2.15. The quantitative estimate of drug-likeness (QED) is 0.733. The molecule has 4 rings (SSSR count). The molecule has 2 aromatic heterocycles. The molecule has 3 heterocycles. The van der Waals surface area contributed by atoms with E-state index in [-0.39, 0.29) is 5.78 Å². The number of aromatic nitrogens is 2. The molecule has 0 spiro atoms. The van der Waals surface area contributed by atoms with Crippen LogP contribution in [0.3, 0.4) is 0 Å². The average Bonchev–Trinajstić information content (AvgIpc) is 2.98. The zero-order chi connectivity index (χ0) is 14.2. The molecule has 1 N–H and O–H groups in total. The monoisotopic (exact) mass is 280 g/mol. The fourth-order valence-electron chi connectivity index (χ4n) is 2.49. The third-order valence-electron chi connectivity index (χ3n) is 3.53. The lowest BCUT2D eigenvalue weighted by atomic mass is 10.0. The number of carbonyl (C=O) groups is 1. The molecule has 0 saturated heterocycles. The summed E-state index contributed by atoms with van der Waals surface area (Å²) in [6, 6.07) is 7.10. The molecule has 1 aromatic carbocycles. The number of hydrogen-bond donors (Lipinski definition) is 1. The van der Waals surface area contributed by atoms with Gasteiger partial charge in [-0.05, 0) is 24.3 Å². The normalized spacial score (nSPS) is 13.3. The van der Waals surface area contributed by atoms with Crippen molar-refractivity contribution in [1.29, 1.82) is 0 Å². The summed E-state index contributed by atoms with van der Waals surface area (Å²) in [6.45, 7) is 1.04. The van der Waals surface area contributed by atoms with Crippen molar-refractivity contribution >= 4 is 16.7 Å². The maximum atomic E-state index is 12.7. The van der Waals surface area contributed by atoms with E-state index in [0.717, 1.165) is 10.9 Å². The number of rotatable bonds is 2. The van der Waals surface area contributed by atoms with Gasteiger partial charge in [-0.15, -0.1) is 0 Å². The summed E-state index contributed by atoms with van der Waals surface area (Å²) in [7, 11) is 0. The second-order valence-corrected chi connectivity index (χ2v) is 4.81. The van der Waals surface area contributed by atoms with Crippen LogP contribution in [0, 0.1) is 0 Å². The van der Waals surface area contributed by atoms with Gasteiger partial charge in [-0.25, -0.2) is 0 Å². The second kappa shape index (κ2) is 4.63. The maximum Gasteiger partial charge on any atom is 0.195 e. The molecule has 0 bridgehead atoms. The van der Waals surface area contributed by atoms with Crippen molar-refractivity contribution in [3.05, 3.63) is 54.0 Å². The Bertz CT molecular complexity index is 838. The fourth-order valence-corrected chi connectivity index (χ4v) is 2.49. The molecule has 21 heavy (non-hydrogen) atoms. The minimum atomic E-state index is -0.0637. The van der Waals surface area contributed by atoms with E-state index < -0.39 is 0 Å². The highest BCUT2D eigenvalue weighted by atomic mass is 16.6. The SMILES string of the molecule is O=C(c1ccc2c(c1)OCCO2)c1c[nH]c2ccncc12. The Kier molecular flexibility index (Phi) is 2.64. The van der Waals surface area contributed by atoms with Crippen LogP contribution < -0.4 is 9.47 Å². The van der Waals surface area contributed by atoms with Gasteiger partial charge in [-0.3, -0.25) is 9.78 Å². The number of nitrogens with zero attached hydrogens (tertiary/aromatic N) is 1. The molecule has 0 aliphatic carbocycles.